The molecule has 0 aliphatic carbocycles. The van der Waals surface area contributed by atoms with E-state index in [4.69, 9.17) is 4.74 Å². The van der Waals surface area contributed by atoms with Gasteiger partial charge in [-0.05, 0) is 31.5 Å². The van der Waals surface area contributed by atoms with E-state index in [0.29, 0.717) is 5.69 Å². The molecule has 28 heavy (non-hydrogen) atoms. The number of carbonyl (C=O) groups excluding carboxylic acids is 3. The molecular formula is C19H19N3O6. The van der Waals surface area contributed by atoms with Gasteiger partial charge in [-0.3, -0.25) is 19.7 Å². The summed E-state index contributed by atoms with van der Waals surface area (Å²) in [6.45, 7) is 2.70. The zero-order valence-electron chi connectivity index (χ0n) is 15.3. The Bertz CT molecular complexity index is 912. The Balaban J connectivity index is 1.86. The van der Waals surface area contributed by atoms with Crippen LogP contribution in [0.5, 0.6) is 0 Å². The van der Waals surface area contributed by atoms with E-state index < -0.39 is 35.4 Å². The van der Waals surface area contributed by atoms with Crippen molar-refractivity contribution in [1.29, 1.82) is 0 Å². The molecule has 0 radical (unpaired) electrons. The summed E-state index contributed by atoms with van der Waals surface area (Å²) < 4.78 is 4.90. The van der Waals surface area contributed by atoms with E-state index in [1.807, 2.05) is 19.1 Å². The van der Waals surface area contributed by atoms with Crippen LogP contribution in [-0.4, -0.2) is 35.4 Å². The second-order valence-electron chi connectivity index (χ2n) is 5.97. The highest BCUT2D eigenvalue weighted by Gasteiger charge is 2.20. The molecule has 9 heteroatoms. The maximum absolute atomic E-state index is 12.1. The van der Waals surface area contributed by atoms with E-state index in [1.54, 1.807) is 12.1 Å². The molecule has 0 unspecified atom stereocenters. The quantitative estimate of drug-likeness (QED) is 0.427. The SMILES string of the molecule is Cc1ccccc1NC(=O)COC(=O)[C@H](C)NC(=O)c1cccc([N+](=O)[O-])c1. The molecule has 0 aromatic heterocycles. The van der Waals surface area contributed by atoms with E-state index in [-0.39, 0.29) is 11.3 Å². The first-order chi connectivity index (χ1) is 13.3. The molecule has 146 valence electrons. The van der Waals surface area contributed by atoms with Gasteiger partial charge in [0.1, 0.15) is 6.04 Å². The van der Waals surface area contributed by atoms with Gasteiger partial charge in [-0.1, -0.05) is 24.3 Å². The molecule has 2 rings (SSSR count). The van der Waals surface area contributed by atoms with E-state index in [9.17, 15) is 24.5 Å². The number of amides is 2. The Morgan fingerprint density at radius 2 is 1.86 bits per heavy atom. The number of non-ortho nitro benzene ring substituents is 1. The van der Waals surface area contributed by atoms with E-state index >= 15 is 0 Å². The normalized spacial score (nSPS) is 11.2. The minimum Gasteiger partial charge on any atom is -0.454 e. The van der Waals surface area contributed by atoms with Crippen molar-refractivity contribution < 1.29 is 24.0 Å². The van der Waals surface area contributed by atoms with Crippen LogP contribution in [-0.2, 0) is 14.3 Å². The van der Waals surface area contributed by atoms with Crippen LogP contribution in [0.4, 0.5) is 11.4 Å². The smallest absolute Gasteiger partial charge is 0.328 e. The van der Waals surface area contributed by atoms with Crippen molar-refractivity contribution in [3.63, 3.8) is 0 Å². The number of hydrogen-bond acceptors (Lipinski definition) is 6. The van der Waals surface area contributed by atoms with Crippen LogP contribution in [0.3, 0.4) is 0 Å². The number of nitrogens with zero attached hydrogens (tertiary/aromatic N) is 1. The highest BCUT2D eigenvalue weighted by molar-refractivity contribution is 5.98. The van der Waals surface area contributed by atoms with E-state index in [1.165, 1.54) is 25.1 Å². The number of nitro groups is 1. The van der Waals surface area contributed by atoms with Gasteiger partial charge in [0.05, 0.1) is 4.92 Å². The summed E-state index contributed by atoms with van der Waals surface area (Å²) in [5.74, 6) is -1.99. The van der Waals surface area contributed by atoms with Gasteiger partial charge in [-0.25, -0.2) is 4.79 Å². The van der Waals surface area contributed by atoms with Crippen molar-refractivity contribution in [3.05, 3.63) is 69.8 Å². The number of esters is 1. The molecular weight excluding hydrogens is 366 g/mol. The van der Waals surface area contributed by atoms with Crippen molar-refractivity contribution in [2.45, 2.75) is 19.9 Å². The fourth-order valence-corrected chi connectivity index (χ4v) is 2.26. The summed E-state index contributed by atoms with van der Waals surface area (Å²) >= 11 is 0. The standard InChI is InChI=1S/C19H19N3O6/c1-12-6-3-4-9-16(12)21-17(23)11-28-19(25)13(2)20-18(24)14-7-5-8-15(10-14)22(26)27/h3-10,13H,11H2,1-2H3,(H,20,24)(H,21,23)/t13-/m0/s1. The summed E-state index contributed by atoms with van der Waals surface area (Å²) in [6, 6.07) is 11.2. The monoisotopic (exact) mass is 385 g/mol. The van der Waals surface area contributed by atoms with Crippen molar-refractivity contribution >= 4 is 29.2 Å². The molecule has 2 aromatic rings. The lowest BCUT2D eigenvalue weighted by Gasteiger charge is -2.14. The Kier molecular flexibility index (Phi) is 6.80. The summed E-state index contributed by atoms with van der Waals surface area (Å²) in [6.07, 6.45) is 0. The minimum atomic E-state index is -1.04. The molecule has 0 aliphatic heterocycles. The molecule has 0 saturated carbocycles. The van der Waals surface area contributed by atoms with Crippen LogP contribution in [0.1, 0.15) is 22.8 Å². The summed E-state index contributed by atoms with van der Waals surface area (Å²) in [5.41, 5.74) is 1.26. The predicted molar refractivity (Wildman–Crippen MR) is 101 cm³/mol. The van der Waals surface area contributed by atoms with Crippen LogP contribution in [0.15, 0.2) is 48.5 Å². The fraction of sp³-hybridized carbons (Fsp3) is 0.211. The Hall–Kier alpha value is -3.75. The molecule has 0 bridgehead atoms. The van der Waals surface area contributed by atoms with Crippen molar-refractivity contribution in [2.75, 3.05) is 11.9 Å². The first-order valence-electron chi connectivity index (χ1n) is 8.35. The third-order valence-corrected chi connectivity index (χ3v) is 3.78. The molecule has 1 atom stereocenters. The number of hydrogen-bond donors (Lipinski definition) is 2. The second kappa shape index (κ2) is 9.26. The average molecular weight is 385 g/mol. The zero-order valence-corrected chi connectivity index (χ0v) is 15.3. The van der Waals surface area contributed by atoms with Crippen LogP contribution in [0, 0.1) is 17.0 Å². The highest BCUT2D eigenvalue weighted by atomic mass is 16.6. The van der Waals surface area contributed by atoms with Crippen molar-refractivity contribution in [3.8, 4) is 0 Å². The molecule has 2 aromatic carbocycles. The van der Waals surface area contributed by atoms with Crippen molar-refractivity contribution in [2.24, 2.45) is 0 Å². The maximum Gasteiger partial charge on any atom is 0.328 e. The third kappa shape index (κ3) is 5.63. The number of benzene rings is 2. The third-order valence-electron chi connectivity index (χ3n) is 3.78. The van der Waals surface area contributed by atoms with Crippen LogP contribution >= 0.6 is 0 Å². The Morgan fingerprint density at radius 1 is 1.14 bits per heavy atom. The first kappa shape index (κ1) is 20.6. The average Bonchev–Trinajstić information content (AvgIpc) is 2.67. The van der Waals surface area contributed by atoms with Gasteiger partial charge in [-0.2, -0.15) is 0 Å². The van der Waals surface area contributed by atoms with Crippen LogP contribution < -0.4 is 10.6 Å². The first-order valence-corrected chi connectivity index (χ1v) is 8.35. The van der Waals surface area contributed by atoms with Gasteiger partial charge in [0.2, 0.25) is 0 Å². The molecule has 0 saturated heterocycles. The number of carbonyl (C=O) groups is 3. The molecule has 0 spiro atoms. The number of nitrogens with one attached hydrogen (secondary N) is 2. The lowest BCUT2D eigenvalue weighted by atomic mass is 10.2. The zero-order chi connectivity index (χ0) is 20.7. The Morgan fingerprint density at radius 3 is 2.54 bits per heavy atom. The fourth-order valence-electron chi connectivity index (χ4n) is 2.26. The maximum atomic E-state index is 12.1. The topological polar surface area (TPSA) is 128 Å². The number of ether oxygens (including phenoxy) is 1. The Labute approximate surface area is 160 Å². The number of rotatable bonds is 7. The van der Waals surface area contributed by atoms with E-state index in [0.717, 1.165) is 11.6 Å². The number of nitro benzene ring substituents is 1. The van der Waals surface area contributed by atoms with Gasteiger partial charge in [0.25, 0.3) is 17.5 Å². The van der Waals surface area contributed by atoms with Gasteiger partial charge in [-0.15, -0.1) is 0 Å². The van der Waals surface area contributed by atoms with Gasteiger partial charge in [0.15, 0.2) is 6.61 Å². The van der Waals surface area contributed by atoms with Gasteiger partial charge < -0.3 is 15.4 Å². The molecule has 9 nitrogen and oxygen atoms in total. The highest BCUT2D eigenvalue weighted by Crippen LogP contribution is 2.14. The minimum absolute atomic E-state index is 0.0335. The van der Waals surface area contributed by atoms with Crippen LogP contribution in [0.25, 0.3) is 0 Å². The predicted octanol–water partition coefficient (Wildman–Crippen LogP) is 2.20. The van der Waals surface area contributed by atoms with Crippen molar-refractivity contribution in [1.82, 2.24) is 5.32 Å². The van der Waals surface area contributed by atoms with Gasteiger partial charge >= 0.3 is 5.97 Å². The number of anilines is 1. The molecule has 2 N–H and O–H groups in total. The summed E-state index contributed by atoms with van der Waals surface area (Å²) in [4.78, 5) is 46.2. The second-order valence-corrected chi connectivity index (χ2v) is 5.97. The number of aryl methyl sites for hydroxylation is 1. The summed E-state index contributed by atoms with van der Waals surface area (Å²) in [7, 11) is 0. The van der Waals surface area contributed by atoms with E-state index in [2.05, 4.69) is 10.6 Å². The van der Waals surface area contributed by atoms with Gasteiger partial charge in [0, 0.05) is 23.4 Å². The largest absolute Gasteiger partial charge is 0.454 e. The molecule has 2 amide bonds. The van der Waals surface area contributed by atoms with Crippen LogP contribution in [0.2, 0.25) is 0 Å². The molecule has 0 aliphatic rings. The lowest BCUT2D eigenvalue weighted by Crippen LogP contribution is -2.40. The number of para-hydroxylation sites is 1. The lowest BCUT2D eigenvalue weighted by molar-refractivity contribution is -0.384. The molecule has 0 heterocycles. The molecule has 0 fully saturated rings. The summed E-state index contributed by atoms with van der Waals surface area (Å²) in [5, 5.41) is 15.8.